The number of rotatable bonds is 5. The molecule has 1 heterocycles. The summed E-state index contributed by atoms with van der Waals surface area (Å²) < 4.78 is 6.00. The third-order valence-electron chi connectivity index (χ3n) is 5.26. The van der Waals surface area contributed by atoms with Crippen molar-refractivity contribution in [3.05, 3.63) is 101 Å². The summed E-state index contributed by atoms with van der Waals surface area (Å²) in [4.78, 5) is 2.56. The highest BCUT2D eigenvalue weighted by Crippen LogP contribution is 2.33. The molecule has 0 amide bonds. The minimum Gasteiger partial charge on any atom is -0.489 e. The Hall–Kier alpha value is -2.58. The summed E-state index contributed by atoms with van der Waals surface area (Å²) in [5.74, 6) is 0.969. The molecule has 1 aliphatic heterocycles. The van der Waals surface area contributed by atoms with Crippen molar-refractivity contribution in [2.75, 3.05) is 6.54 Å². The molecule has 26 heavy (non-hydrogen) atoms. The Balaban J connectivity index is 1.44. The number of benzene rings is 3. The molecule has 3 aromatic rings. The van der Waals surface area contributed by atoms with Gasteiger partial charge in [-0.25, -0.2) is 0 Å². The first kappa shape index (κ1) is 16.9. The quantitative estimate of drug-likeness (QED) is 0.616. The minimum atomic E-state index is 0.433. The monoisotopic (exact) mass is 343 g/mol. The fourth-order valence-corrected chi connectivity index (χ4v) is 3.73. The molecular formula is C24H25NO. The zero-order chi connectivity index (χ0) is 17.8. The highest BCUT2D eigenvalue weighted by Gasteiger charge is 2.24. The third kappa shape index (κ3) is 3.81. The predicted molar refractivity (Wildman–Crippen MR) is 106 cm³/mol. The smallest absolute Gasteiger partial charge is 0.120 e. The molecule has 132 valence electrons. The van der Waals surface area contributed by atoms with E-state index >= 15 is 0 Å². The topological polar surface area (TPSA) is 12.5 Å². The van der Waals surface area contributed by atoms with Crippen molar-refractivity contribution >= 4 is 0 Å². The molecule has 3 aromatic carbocycles. The number of hydrogen-bond donors (Lipinski definition) is 0. The van der Waals surface area contributed by atoms with Gasteiger partial charge in [-0.1, -0.05) is 66.7 Å². The Morgan fingerprint density at radius 2 is 1.58 bits per heavy atom. The zero-order valence-corrected chi connectivity index (χ0v) is 15.3. The first-order valence-corrected chi connectivity index (χ1v) is 9.37. The molecule has 0 fully saturated rings. The molecule has 0 radical (unpaired) electrons. The summed E-state index contributed by atoms with van der Waals surface area (Å²) in [7, 11) is 0. The first-order chi connectivity index (χ1) is 12.8. The van der Waals surface area contributed by atoms with E-state index in [9.17, 15) is 0 Å². The van der Waals surface area contributed by atoms with Crippen LogP contribution in [0.25, 0.3) is 0 Å². The van der Waals surface area contributed by atoms with Crippen LogP contribution in [0.3, 0.4) is 0 Å². The van der Waals surface area contributed by atoms with E-state index in [0.29, 0.717) is 12.6 Å². The van der Waals surface area contributed by atoms with Crippen molar-refractivity contribution < 1.29 is 4.74 Å². The molecule has 4 rings (SSSR count). The lowest BCUT2D eigenvalue weighted by Gasteiger charge is -2.35. The van der Waals surface area contributed by atoms with Gasteiger partial charge in [0.15, 0.2) is 0 Å². The largest absolute Gasteiger partial charge is 0.489 e. The van der Waals surface area contributed by atoms with Gasteiger partial charge in [-0.2, -0.15) is 0 Å². The average molecular weight is 343 g/mol. The molecule has 0 N–H and O–H groups in total. The second-order valence-corrected chi connectivity index (χ2v) is 7.02. The predicted octanol–water partition coefficient (Wildman–Crippen LogP) is 5.38. The second kappa shape index (κ2) is 7.76. The number of fused-ring (bicyclic) bond motifs is 1. The van der Waals surface area contributed by atoms with Crippen LogP contribution in [0.5, 0.6) is 5.75 Å². The molecule has 1 aliphatic rings. The van der Waals surface area contributed by atoms with E-state index in [2.05, 4.69) is 84.6 Å². The van der Waals surface area contributed by atoms with Crippen LogP contribution in [0.1, 0.15) is 35.2 Å². The third-order valence-corrected chi connectivity index (χ3v) is 5.26. The molecule has 0 spiro atoms. The lowest BCUT2D eigenvalue weighted by Crippen LogP contribution is -2.33. The molecule has 0 saturated heterocycles. The van der Waals surface area contributed by atoms with Crippen molar-refractivity contribution in [3.63, 3.8) is 0 Å². The van der Waals surface area contributed by atoms with Gasteiger partial charge in [0.25, 0.3) is 0 Å². The van der Waals surface area contributed by atoms with E-state index in [1.54, 1.807) is 0 Å². The van der Waals surface area contributed by atoms with Crippen LogP contribution < -0.4 is 4.74 Å². The highest BCUT2D eigenvalue weighted by atomic mass is 16.5. The molecule has 2 heteroatoms. The lowest BCUT2D eigenvalue weighted by molar-refractivity contribution is 0.189. The molecule has 0 aromatic heterocycles. The van der Waals surface area contributed by atoms with Crippen molar-refractivity contribution in [2.24, 2.45) is 0 Å². The molecule has 1 atom stereocenters. The first-order valence-electron chi connectivity index (χ1n) is 9.37. The van der Waals surface area contributed by atoms with Gasteiger partial charge in [0, 0.05) is 19.1 Å². The summed E-state index contributed by atoms with van der Waals surface area (Å²) in [5.41, 5.74) is 5.44. The minimum absolute atomic E-state index is 0.433. The molecule has 0 saturated carbocycles. The van der Waals surface area contributed by atoms with Crippen molar-refractivity contribution in [1.82, 2.24) is 4.90 Å². The average Bonchev–Trinajstić information content (AvgIpc) is 2.70. The van der Waals surface area contributed by atoms with Crippen molar-refractivity contribution in [1.29, 1.82) is 0 Å². The zero-order valence-electron chi connectivity index (χ0n) is 15.3. The Morgan fingerprint density at radius 3 is 2.31 bits per heavy atom. The highest BCUT2D eigenvalue weighted by molar-refractivity contribution is 5.39. The van der Waals surface area contributed by atoms with Gasteiger partial charge in [-0.15, -0.1) is 0 Å². The van der Waals surface area contributed by atoms with Crippen molar-refractivity contribution in [2.45, 2.75) is 32.5 Å². The fraction of sp³-hybridized carbons (Fsp3) is 0.250. The van der Waals surface area contributed by atoms with E-state index in [0.717, 1.165) is 25.3 Å². The molecular weight excluding hydrogens is 318 g/mol. The van der Waals surface area contributed by atoms with E-state index in [-0.39, 0.29) is 0 Å². The van der Waals surface area contributed by atoms with Gasteiger partial charge >= 0.3 is 0 Å². The number of hydrogen-bond acceptors (Lipinski definition) is 2. The molecule has 2 nitrogen and oxygen atoms in total. The van der Waals surface area contributed by atoms with E-state index < -0.39 is 0 Å². The fourth-order valence-electron chi connectivity index (χ4n) is 3.73. The van der Waals surface area contributed by atoms with Crippen LogP contribution in [0.15, 0.2) is 78.9 Å². The van der Waals surface area contributed by atoms with Crippen LogP contribution in [0.2, 0.25) is 0 Å². The summed E-state index contributed by atoms with van der Waals surface area (Å²) >= 11 is 0. The molecule has 0 bridgehead atoms. The van der Waals surface area contributed by atoms with Gasteiger partial charge < -0.3 is 4.74 Å². The Bertz CT molecular complexity index is 845. The van der Waals surface area contributed by atoms with Crippen LogP contribution in [0.4, 0.5) is 0 Å². The van der Waals surface area contributed by atoms with Gasteiger partial charge in [0.2, 0.25) is 0 Å². The van der Waals surface area contributed by atoms with E-state index in [1.807, 2.05) is 6.07 Å². The van der Waals surface area contributed by atoms with Crippen LogP contribution in [-0.4, -0.2) is 11.4 Å². The second-order valence-electron chi connectivity index (χ2n) is 7.02. The summed E-state index contributed by atoms with van der Waals surface area (Å²) in [5, 5.41) is 0. The molecule has 1 unspecified atom stereocenters. The summed E-state index contributed by atoms with van der Waals surface area (Å²) in [6.45, 7) is 5.03. The standard InChI is InChI=1S/C24H25NO/c1-19-24-13-12-23(26-18-21-10-6-3-7-11-21)16-22(24)14-15-25(19)17-20-8-4-2-5-9-20/h2-13,16,19H,14-15,17-18H2,1H3. The summed E-state index contributed by atoms with van der Waals surface area (Å²) in [6.07, 6.45) is 1.08. The SMILES string of the molecule is CC1c2ccc(OCc3ccccc3)cc2CCN1Cc1ccccc1. The summed E-state index contributed by atoms with van der Waals surface area (Å²) in [6, 6.07) is 28.1. The van der Waals surface area contributed by atoms with Gasteiger partial charge in [0.05, 0.1) is 0 Å². The van der Waals surface area contributed by atoms with Gasteiger partial charge in [-0.05, 0) is 47.7 Å². The number of ether oxygens (including phenoxy) is 1. The van der Waals surface area contributed by atoms with Crippen LogP contribution in [0, 0.1) is 0 Å². The maximum Gasteiger partial charge on any atom is 0.120 e. The maximum absolute atomic E-state index is 6.00. The lowest BCUT2D eigenvalue weighted by atomic mass is 9.93. The normalized spacial score (nSPS) is 16.9. The maximum atomic E-state index is 6.00. The van der Waals surface area contributed by atoms with Crippen molar-refractivity contribution in [3.8, 4) is 5.75 Å². The number of nitrogens with zero attached hydrogens (tertiary/aromatic N) is 1. The molecule has 0 aliphatic carbocycles. The van der Waals surface area contributed by atoms with E-state index in [4.69, 9.17) is 4.74 Å². The van der Waals surface area contributed by atoms with E-state index in [1.165, 1.54) is 22.3 Å². The van der Waals surface area contributed by atoms with Gasteiger partial charge in [-0.3, -0.25) is 4.90 Å². The van der Waals surface area contributed by atoms with Gasteiger partial charge in [0.1, 0.15) is 12.4 Å². The Labute approximate surface area is 156 Å². The van der Waals surface area contributed by atoms with Crippen LogP contribution >= 0.6 is 0 Å². The van der Waals surface area contributed by atoms with Crippen LogP contribution in [-0.2, 0) is 19.6 Å². The Morgan fingerprint density at radius 1 is 0.885 bits per heavy atom. The Kier molecular flexibility index (Phi) is 5.03.